The summed E-state index contributed by atoms with van der Waals surface area (Å²) in [4.78, 5) is 0. The second-order valence-electron chi connectivity index (χ2n) is 3.87. The van der Waals surface area contributed by atoms with Crippen LogP contribution in [0, 0.1) is 17.6 Å². The van der Waals surface area contributed by atoms with Gasteiger partial charge in [-0.25, -0.2) is 0 Å². The third-order valence-electron chi connectivity index (χ3n) is 2.82. The van der Waals surface area contributed by atoms with E-state index in [9.17, 15) is 5.11 Å². The molecule has 1 aromatic carbocycles. The van der Waals surface area contributed by atoms with Crippen molar-refractivity contribution in [3.05, 3.63) is 29.3 Å². The van der Waals surface area contributed by atoms with E-state index in [2.05, 4.69) is 12.3 Å². The van der Waals surface area contributed by atoms with E-state index >= 15 is 0 Å². The minimum Gasteiger partial charge on any atom is -0.508 e. The van der Waals surface area contributed by atoms with Gasteiger partial charge in [-0.2, -0.15) is 5.26 Å². The first kappa shape index (κ1) is 12.9. The first-order valence-corrected chi connectivity index (χ1v) is 6.48. The van der Waals surface area contributed by atoms with Crippen LogP contribution in [0.3, 0.4) is 0 Å². The highest BCUT2D eigenvalue weighted by Crippen LogP contribution is 2.29. The first-order chi connectivity index (χ1) is 7.69. The van der Waals surface area contributed by atoms with Crippen LogP contribution in [0.4, 0.5) is 0 Å². The Balaban J connectivity index is 2.75. The van der Waals surface area contributed by atoms with Crippen LogP contribution in [-0.4, -0.2) is 10.9 Å². The zero-order valence-corrected chi connectivity index (χ0v) is 10.5. The van der Waals surface area contributed by atoms with E-state index in [1.165, 1.54) is 17.3 Å². The van der Waals surface area contributed by atoms with Gasteiger partial charge in [0.25, 0.3) is 0 Å². The van der Waals surface area contributed by atoms with Gasteiger partial charge in [-0.15, -0.1) is 0 Å². The summed E-state index contributed by atoms with van der Waals surface area (Å²) in [6.07, 6.45) is 2.08. The maximum Gasteiger partial charge on any atom is 0.133 e. The molecule has 0 aromatic heterocycles. The smallest absolute Gasteiger partial charge is 0.133 e. The van der Waals surface area contributed by atoms with Gasteiger partial charge in [-0.05, 0) is 60.7 Å². The quantitative estimate of drug-likeness (QED) is 0.623. The van der Waals surface area contributed by atoms with Gasteiger partial charge in [-0.1, -0.05) is 13.0 Å². The van der Waals surface area contributed by atoms with E-state index in [4.69, 9.17) is 5.26 Å². The molecule has 0 spiro atoms. The zero-order valence-electron chi connectivity index (χ0n) is 9.73. The Labute approximate surface area is 101 Å². The Kier molecular flexibility index (Phi) is 5.21. The number of hydrogen-bond donors (Lipinski definition) is 1. The molecule has 0 saturated carbocycles. The Morgan fingerprint density at radius 2 is 2.25 bits per heavy atom. The normalized spacial score (nSPS) is 12.1. The fourth-order valence-corrected chi connectivity index (χ4v) is 2.44. The summed E-state index contributed by atoms with van der Waals surface area (Å²) in [5, 5.41) is 20.0. The molecule has 2 nitrogen and oxygen atoms in total. The van der Waals surface area contributed by atoms with E-state index in [1.54, 1.807) is 12.1 Å². The fourth-order valence-electron chi connectivity index (χ4n) is 1.94. The first-order valence-electron chi connectivity index (χ1n) is 5.49. The van der Waals surface area contributed by atoms with Crippen LogP contribution in [0.1, 0.15) is 36.8 Å². The predicted octanol–water partition coefficient (Wildman–Crippen LogP) is 3.80. The number of aromatic hydroxyl groups is 1. The van der Waals surface area contributed by atoms with Crippen LogP contribution < -0.4 is 0 Å². The molecule has 0 heterocycles. The molecule has 1 aromatic rings. The minimum absolute atomic E-state index is 0.322. The number of nitrogens with zero attached hydrogens (tertiary/aromatic N) is 1. The van der Waals surface area contributed by atoms with Crippen molar-refractivity contribution in [2.45, 2.75) is 32.6 Å². The molecular formula is C13H17NOS. The van der Waals surface area contributed by atoms with Crippen LogP contribution in [0.5, 0.6) is 5.75 Å². The second-order valence-corrected chi connectivity index (χ2v) is 4.75. The largest absolute Gasteiger partial charge is 0.508 e. The van der Waals surface area contributed by atoms with Gasteiger partial charge >= 0.3 is 0 Å². The lowest BCUT2D eigenvalue weighted by Gasteiger charge is -2.17. The van der Waals surface area contributed by atoms with E-state index in [-0.39, 0.29) is 0 Å². The van der Waals surface area contributed by atoms with E-state index < -0.39 is 0 Å². The van der Waals surface area contributed by atoms with Crippen molar-refractivity contribution in [3.8, 4) is 11.2 Å². The highest BCUT2D eigenvalue weighted by atomic mass is 32.2. The molecule has 0 saturated heterocycles. The van der Waals surface area contributed by atoms with Crippen molar-refractivity contribution in [3.63, 3.8) is 0 Å². The lowest BCUT2D eigenvalue weighted by atomic mass is 9.90. The Bertz CT molecular complexity index is 384. The third kappa shape index (κ3) is 3.46. The van der Waals surface area contributed by atoms with Gasteiger partial charge in [0.2, 0.25) is 0 Å². The molecule has 0 aliphatic rings. The SMILES string of the molecule is CCC(CCSC#N)c1ccc(O)cc1C. The van der Waals surface area contributed by atoms with Crippen molar-refractivity contribution in [1.82, 2.24) is 0 Å². The number of hydrogen-bond acceptors (Lipinski definition) is 3. The zero-order chi connectivity index (χ0) is 12.0. The van der Waals surface area contributed by atoms with Gasteiger partial charge in [0.05, 0.1) is 0 Å². The number of phenols is 1. The summed E-state index contributed by atoms with van der Waals surface area (Å²) in [5.74, 6) is 1.68. The maximum absolute atomic E-state index is 9.36. The molecule has 0 fully saturated rings. The summed E-state index contributed by atoms with van der Waals surface area (Å²) >= 11 is 1.31. The summed E-state index contributed by atoms with van der Waals surface area (Å²) in [5.41, 5.74) is 2.42. The van der Waals surface area contributed by atoms with E-state index in [0.717, 1.165) is 24.2 Å². The van der Waals surface area contributed by atoms with Crippen molar-refractivity contribution in [1.29, 1.82) is 5.26 Å². The summed E-state index contributed by atoms with van der Waals surface area (Å²) in [6.45, 7) is 4.18. The average Bonchev–Trinajstić information content (AvgIpc) is 2.26. The summed E-state index contributed by atoms with van der Waals surface area (Å²) < 4.78 is 0. The standard InChI is InChI=1S/C13H17NOS/c1-3-11(6-7-16-9-14)13-5-4-12(15)8-10(13)2/h4-5,8,11,15H,3,6-7H2,1-2H3. The molecule has 1 atom stereocenters. The number of aryl methyl sites for hydroxylation is 1. The van der Waals surface area contributed by atoms with Crippen LogP contribution in [0.2, 0.25) is 0 Å². The number of benzene rings is 1. The molecule has 86 valence electrons. The molecule has 1 N–H and O–H groups in total. The lowest BCUT2D eigenvalue weighted by molar-refractivity contribution is 0.474. The molecule has 0 bridgehead atoms. The van der Waals surface area contributed by atoms with Crippen molar-refractivity contribution in [2.24, 2.45) is 0 Å². The maximum atomic E-state index is 9.36. The summed E-state index contributed by atoms with van der Waals surface area (Å²) in [7, 11) is 0. The van der Waals surface area contributed by atoms with E-state index in [1.807, 2.05) is 13.0 Å². The van der Waals surface area contributed by atoms with Crippen LogP contribution in [0.25, 0.3) is 0 Å². The molecule has 0 aliphatic heterocycles. The minimum atomic E-state index is 0.322. The van der Waals surface area contributed by atoms with Crippen LogP contribution in [-0.2, 0) is 0 Å². The number of nitriles is 1. The van der Waals surface area contributed by atoms with E-state index in [0.29, 0.717) is 11.7 Å². The van der Waals surface area contributed by atoms with Crippen molar-refractivity contribution < 1.29 is 5.11 Å². The van der Waals surface area contributed by atoms with Crippen molar-refractivity contribution in [2.75, 3.05) is 5.75 Å². The summed E-state index contributed by atoms with van der Waals surface area (Å²) in [6, 6.07) is 5.54. The molecule has 0 aliphatic carbocycles. The van der Waals surface area contributed by atoms with Crippen LogP contribution in [0.15, 0.2) is 18.2 Å². The topological polar surface area (TPSA) is 44.0 Å². The van der Waals surface area contributed by atoms with Gasteiger partial charge in [0, 0.05) is 5.75 Å². The number of phenolic OH excluding ortho intramolecular Hbond substituents is 1. The molecule has 1 unspecified atom stereocenters. The highest BCUT2D eigenvalue weighted by molar-refractivity contribution is 8.03. The molecule has 0 radical (unpaired) electrons. The molecule has 0 amide bonds. The lowest BCUT2D eigenvalue weighted by Crippen LogP contribution is -2.01. The van der Waals surface area contributed by atoms with Crippen LogP contribution >= 0.6 is 11.8 Å². The van der Waals surface area contributed by atoms with Gasteiger partial charge in [-0.3, -0.25) is 0 Å². The van der Waals surface area contributed by atoms with Crippen molar-refractivity contribution >= 4 is 11.8 Å². The van der Waals surface area contributed by atoms with Gasteiger partial charge in [0.15, 0.2) is 0 Å². The number of rotatable bonds is 5. The monoisotopic (exact) mass is 235 g/mol. The number of thiocyanates is 1. The Morgan fingerprint density at radius 1 is 1.50 bits per heavy atom. The molecule has 1 rings (SSSR count). The highest BCUT2D eigenvalue weighted by Gasteiger charge is 2.12. The predicted molar refractivity (Wildman–Crippen MR) is 68.6 cm³/mol. The molecule has 3 heteroatoms. The third-order valence-corrected chi connectivity index (χ3v) is 3.39. The Hall–Kier alpha value is -1.14. The second kappa shape index (κ2) is 6.44. The van der Waals surface area contributed by atoms with Gasteiger partial charge < -0.3 is 5.11 Å². The molecule has 16 heavy (non-hydrogen) atoms. The Morgan fingerprint density at radius 3 is 2.81 bits per heavy atom. The van der Waals surface area contributed by atoms with Gasteiger partial charge in [0.1, 0.15) is 11.2 Å². The molecular weight excluding hydrogens is 218 g/mol. The average molecular weight is 235 g/mol. The number of thioether (sulfide) groups is 1. The fraction of sp³-hybridized carbons (Fsp3) is 0.462.